The first kappa shape index (κ1) is 18.4. The minimum Gasteiger partial charge on any atom is -0.492 e. The minimum absolute atomic E-state index is 0.0674. The Balaban J connectivity index is 2.79. The van der Waals surface area contributed by atoms with Gasteiger partial charge in [-0.25, -0.2) is 4.84 Å². The monoisotopic (exact) mass is 347 g/mol. The fraction of sp³-hybridized carbons (Fsp3) is 0.429. The Morgan fingerprint density at radius 1 is 1.14 bits per heavy atom. The second kappa shape index (κ2) is 10.1. The zero-order valence-electron chi connectivity index (χ0n) is 12.0. The molecule has 0 aliphatic heterocycles. The summed E-state index contributed by atoms with van der Waals surface area (Å²) in [7, 11) is 0. The van der Waals surface area contributed by atoms with E-state index < -0.39 is 0 Å². The van der Waals surface area contributed by atoms with Gasteiger partial charge in [0.15, 0.2) is 10.2 Å². The summed E-state index contributed by atoms with van der Waals surface area (Å²) < 4.78 is 5.56. The van der Waals surface area contributed by atoms with Gasteiger partial charge in [0, 0.05) is 31.9 Å². The molecule has 116 valence electrons. The van der Waals surface area contributed by atoms with Crippen molar-refractivity contribution in [2.75, 3.05) is 13.2 Å². The van der Waals surface area contributed by atoms with Crippen molar-refractivity contribution in [3.05, 3.63) is 29.3 Å². The molecule has 0 unspecified atom stereocenters. The molecule has 1 N–H and O–H groups in total. The molecule has 0 amide bonds. The van der Waals surface area contributed by atoms with Crippen molar-refractivity contribution in [2.45, 2.75) is 25.4 Å². The molecule has 1 rings (SSSR count). The van der Waals surface area contributed by atoms with Gasteiger partial charge in [-0.1, -0.05) is 29.6 Å². The van der Waals surface area contributed by atoms with Crippen LogP contribution in [-0.4, -0.2) is 23.4 Å². The summed E-state index contributed by atoms with van der Waals surface area (Å²) in [4.78, 5) is 24.7. The van der Waals surface area contributed by atoms with E-state index in [0.717, 1.165) is 16.9 Å². The number of ether oxygens (including phenoxy) is 1. The van der Waals surface area contributed by atoms with Gasteiger partial charge in [-0.2, -0.15) is 0 Å². The number of rotatable bonds is 8. The lowest BCUT2D eigenvalue weighted by atomic mass is 10.1. The number of thioether (sulfide) groups is 2. The van der Waals surface area contributed by atoms with Crippen molar-refractivity contribution in [3.8, 4) is 5.75 Å². The van der Waals surface area contributed by atoms with Crippen LogP contribution in [0.15, 0.2) is 18.2 Å². The van der Waals surface area contributed by atoms with Gasteiger partial charge in [-0.05, 0) is 35.0 Å². The van der Waals surface area contributed by atoms with Crippen LogP contribution < -0.4 is 9.57 Å². The summed E-state index contributed by atoms with van der Waals surface area (Å²) in [6, 6.07) is 5.72. The lowest BCUT2D eigenvalue weighted by Crippen LogP contribution is -2.11. The van der Waals surface area contributed by atoms with Crippen LogP contribution in [0, 0.1) is 0 Å². The topological polar surface area (TPSA) is 55.4 Å². The Morgan fingerprint density at radius 2 is 1.76 bits per heavy atom. The zero-order valence-corrected chi connectivity index (χ0v) is 14.4. The molecular formula is C14H18ClNO3S2. The molecular weight excluding hydrogens is 330 g/mol. The summed E-state index contributed by atoms with van der Waals surface area (Å²) in [5.74, 6) is 1.92. The molecule has 0 aliphatic carbocycles. The summed E-state index contributed by atoms with van der Waals surface area (Å²) >= 11 is 7.88. The van der Waals surface area contributed by atoms with Crippen molar-refractivity contribution < 1.29 is 14.3 Å². The van der Waals surface area contributed by atoms with Crippen molar-refractivity contribution in [1.82, 2.24) is 4.84 Å². The van der Waals surface area contributed by atoms with Gasteiger partial charge in [-0.3, -0.25) is 9.59 Å². The van der Waals surface area contributed by atoms with E-state index >= 15 is 0 Å². The Bertz CT molecular complexity index is 497. The fourth-order valence-corrected chi connectivity index (χ4v) is 2.88. The van der Waals surface area contributed by atoms with Crippen molar-refractivity contribution >= 4 is 45.5 Å². The molecule has 4 nitrogen and oxygen atoms in total. The first-order chi connectivity index (χ1) is 10.0. The van der Waals surface area contributed by atoms with Gasteiger partial charge >= 0.3 is 0 Å². The second-order valence-electron chi connectivity index (χ2n) is 4.22. The lowest BCUT2D eigenvalue weighted by Gasteiger charge is -2.11. The molecule has 0 fully saturated rings. The van der Waals surface area contributed by atoms with E-state index in [0.29, 0.717) is 24.7 Å². The van der Waals surface area contributed by atoms with Gasteiger partial charge in [0.2, 0.25) is 0 Å². The SMILES string of the molecule is CC(=O)SCc1ccc(OCCNCl)cc1CSC(C)=O. The van der Waals surface area contributed by atoms with Gasteiger partial charge in [0.25, 0.3) is 0 Å². The van der Waals surface area contributed by atoms with E-state index in [1.165, 1.54) is 23.5 Å². The molecule has 0 heterocycles. The van der Waals surface area contributed by atoms with E-state index in [9.17, 15) is 9.59 Å². The lowest BCUT2D eigenvalue weighted by molar-refractivity contribution is -0.109. The number of nitrogens with one attached hydrogen (secondary N) is 1. The van der Waals surface area contributed by atoms with Gasteiger partial charge in [0.1, 0.15) is 12.4 Å². The largest absolute Gasteiger partial charge is 0.492 e. The highest BCUT2D eigenvalue weighted by Gasteiger charge is 2.08. The maximum Gasteiger partial charge on any atom is 0.186 e. The van der Waals surface area contributed by atoms with Gasteiger partial charge in [-0.15, -0.1) is 0 Å². The summed E-state index contributed by atoms with van der Waals surface area (Å²) in [6.45, 7) is 4.10. The van der Waals surface area contributed by atoms with E-state index in [2.05, 4.69) is 4.84 Å². The van der Waals surface area contributed by atoms with Crippen LogP contribution >= 0.6 is 35.3 Å². The van der Waals surface area contributed by atoms with Crippen molar-refractivity contribution in [1.29, 1.82) is 0 Å². The zero-order chi connectivity index (χ0) is 15.7. The minimum atomic E-state index is 0.0674. The number of benzene rings is 1. The highest BCUT2D eigenvalue weighted by Crippen LogP contribution is 2.26. The van der Waals surface area contributed by atoms with Crippen LogP contribution in [-0.2, 0) is 21.1 Å². The average Bonchev–Trinajstić information content (AvgIpc) is 2.44. The smallest absolute Gasteiger partial charge is 0.186 e. The Kier molecular flexibility index (Phi) is 8.84. The van der Waals surface area contributed by atoms with E-state index in [-0.39, 0.29) is 10.2 Å². The Morgan fingerprint density at radius 3 is 2.33 bits per heavy atom. The molecule has 0 aromatic heterocycles. The number of hydrogen-bond donors (Lipinski definition) is 1. The van der Waals surface area contributed by atoms with Crippen LogP contribution in [0.4, 0.5) is 0 Å². The normalized spacial score (nSPS) is 10.4. The third-order valence-corrected chi connectivity index (χ3v) is 4.42. The van der Waals surface area contributed by atoms with Crippen LogP contribution in [0.2, 0.25) is 0 Å². The van der Waals surface area contributed by atoms with Crippen molar-refractivity contribution in [3.63, 3.8) is 0 Å². The molecule has 0 atom stereocenters. The van der Waals surface area contributed by atoms with Gasteiger partial charge in [0.05, 0.1) is 0 Å². The molecule has 0 saturated heterocycles. The highest BCUT2D eigenvalue weighted by molar-refractivity contribution is 8.13. The molecule has 1 aromatic rings. The van der Waals surface area contributed by atoms with E-state index in [1.807, 2.05) is 18.2 Å². The standard InChI is InChI=1S/C14H18ClNO3S2/c1-10(17)20-8-12-3-4-14(19-6-5-16-15)7-13(12)9-21-11(2)18/h3-4,7,16H,5-6,8-9H2,1-2H3. The second-order valence-corrected chi connectivity index (χ2v) is 6.79. The van der Waals surface area contributed by atoms with Gasteiger partial charge < -0.3 is 4.74 Å². The number of carbonyl (C=O) groups is 2. The maximum atomic E-state index is 11.1. The van der Waals surface area contributed by atoms with Crippen LogP contribution in [0.5, 0.6) is 5.75 Å². The Hall–Kier alpha value is -0.690. The molecule has 7 heteroatoms. The third kappa shape index (κ3) is 7.76. The first-order valence-electron chi connectivity index (χ1n) is 6.37. The number of halogens is 1. The average molecular weight is 348 g/mol. The van der Waals surface area contributed by atoms with Crippen LogP contribution in [0.25, 0.3) is 0 Å². The summed E-state index contributed by atoms with van der Waals surface area (Å²) in [5.41, 5.74) is 2.06. The molecule has 0 radical (unpaired) electrons. The fourth-order valence-electron chi connectivity index (χ4n) is 1.53. The predicted molar refractivity (Wildman–Crippen MR) is 89.7 cm³/mol. The third-order valence-electron chi connectivity index (χ3n) is 2.50. The van der Waals surface area contributed by atoms with E-state index in [1.54, 1.807) is 13.8 Å². The molecule has 0 saturated carbocycles. The molecule has 1 aromatic carbocycles. The van der Waals surface area contributed by atoms with Crippen LogP contribution in [0.1, 0.15) is 25.0 Å². The highest BCUT2D eigenvalue weighted by atomic mass is 35.5. The van der Waals surface area contributed by atoms with Crippen LogP contribution in [0.3, 0.4) is 0 Å². The molecule has 0 bridgehead atoms. The maximum absolute atomic E-state index is 11.1. The predicted octanol–water partition coefficient (Wildman–Crippen LogP) is 3.37. The quantitative estimate of drug-likeness (QED) is 0.574. The van der Waals surface area contributed by atoms with Crippen molar-refractivity contribution in [2.24, 2.45) is 0 Å². The van der Waals surface area contributed by atoms with E-state index in [4.69, 9.17) is 16.5 Å². The first-order valence-corrected chi connectivity index (χ1v) is 8.72. The Labute approximate surface area is 138 Å². The summed E-state index contributed by atoms with van der Waals surface area (Å²) in [5, 5.41) is 0.145. The molecule has 0 aliphatic rings. The number of carbonyl (C=O) groups excluding carboxylic acids is 2. The summed E-state index contributed by atoms with van der Waals surface area (Å²) in [6.07, 6.45) is 0. The molecule has 0 spiro atoms. The molecule has 21 heavy (non-hydrogen) atoms. The number of hydrogen-bond acceptors (Lipinski definition) is 6.